The van der Waals surface area contributed by atoms with Crippen molar-refractivity contribution < 1.29 is 17.9 Å². The van der Waals surface area contributed by atoms with Crippen molar-refractivity contribution in [1.82, 2.24) is 5.32 Å². The Morgan fingerprint density at radius 1 is 1.35 bits per heavy atom. The third-order valence-electron chi connectivity index (χ3n) is 2.33. The Bertz CT molecular complexity index is 377. The van der Waals surface area contributed by atoms with Crippen LogP contribution in [0.1, 0.15) is 17.4 Å². The topological polar surface area (TPSA) is 21.3 Å². The van der Waals surface area contributed by atoms with Gasteiger partial charge in [0.25, 0.3) is 0 Å². The van der Waals surface area contributed by atoms with Crippen LogP contribution in [0.3, 0.4) is 0 Å². The number of ether oxygens (including phenoxy) is 1. The third-order valence-corrected chi connectivity index (χ3v) is 3.63. The molecule has 1 saturated heterocycles. The molecule has 1 heterocycles. The Labute approximate surface area is 102 Å². The molecule has 0 amide bonds. The zero-order chi connectivity index (χ0) is 12.3. The molecule has 1 aliphatic heterocycles. The van der Waals surface area contributed by atoms with Gasteiger partial charge in [0, 0.05) is 0 Å². The summed E-state index contributed by atoms with van der Waals surface area (Å²) < 4.78 is 40.1. The van der Waals surface area contributed by atoms with Crippen molar-refractivity contribution >= 4 is 11.8 Å². The summed E-state index contributed by atoms with van der Waals surface area (Å²) in [6, 6.07) is 6.13. The summed E-state index contributed by atoms with van der Waals surface area (Å²) in [7, 11) is 0. The molecule has 1 aromatic rings. The van der Waals surface area contributed by atoms with Crippen LogP contribution in [-0.4, -0.2) is 18.7 Å². The molecule has 1 unspecified atom stereocenters. The second-order valence-corrected chi connectivity index (χ2v) is 4.89. The van der Waals surface area contributed by atoms with Crippen LogP contribution < -0.4 is 10.1 Å². The molecule has 1 atom stereocenters. The Morgan fingerprint density at radius 2 is 2.18 bits per heavy atom. The van der Waals surface area contributed by atoms with E-state index in [1.807, 2.05) is 0 Å². The number of benzene rings is 1. The van der Waals surface area contributed by atoms with Crippen LogP contribution in [0.4, 0.5) is 13.2 Å². The van der Waals surface area contributed by atoms with Crippen LogP contribution in [0.5, 0.6) is 5.75 Å². The molecule has 1 aromatic carbocycles. The molecule has 1 aliphatic rings. The monoisotopic (exact) mass is 263 g/mol. The van der Waals surface area contributed by atoms with Crippen LogP contribution in [0.25, 0.3) is 0 Å². The molecule has 0 aliphatic carbocycles. The van der Waals surface area contributed by atoms with Gasteiger partial charge in [-0.1, -0.05) is 12.1 Å². The predicted molar refractivity (Wildman–Crippen MR) is 60.9 cm³/mol. The molecule has 94 valence electrons. The van der Waals surface area contributed by atoms with Gasteiger partial charge in [0.2, 0.25) is 0 Å². The Hall–Kier alpha value is -0.880. The fourth-order valence-electron chi connectivity index (χ4n) is 1.65. The van der Waals surface area contributed by atoms with Crippen molar-refractivity contribution in [2.45, 2.75) is 18.2 Å². The number of hydrogen-bond donors (Lipinski definition) is 1. The second kappa shape index (κ2) is 5.18. The summed E-state index contributed by atoms with van der Waals surface area (Å²) >= 11 is 1.70. The van der Waals surface area contributed by atoms with Gasteiger partial charge < -0.3 is 10.1 Å². The number of alkyl halides is 3. The number of nitrogens with one attached hydrogen (secondary N) is 1. The highest BCUT2D eigenvalue weighted by Crippen LogP contribution is 2.32. The van der Waals surface area contributed by atoms with E-state index in [0.29, 0.717) is 0 Å². The van der Waals surface area contributed by atoms with E-state index >= 15 is 0 Å². The lowest BCUT2D eigenvalue weighted by Gasteiger charge is -2.23. The average Bonchev–Trinajstić information content (AvgIpc) is 2.28. The zero-order valence-electron chi connectivity index (χ0n) is 8.96. The standard InChI is InChI=1S/C11H12F3NOS/c12-11(13,14)16-9-4-1-3-8(7-9)10-15-5-2-6-17-10/h1,3-4,7,10,15H,2,5-6H2. The number of halogens is 3. The Balaban J connectivity index is 2.10. The van der Waals surface area contributed by atoms with E-state index < -0.39 is 6.36 Å². The molecular formula is C11H12F3NOS. The number of hydrogen-bond acceptors (Lipinski definition) is 3. The van der Waals surface area contributed by atoms with Crippen LogP contribution in [0, 0.1) is 0 Å². The fraction of sp³-hybridized carbons (Fsp3) is 0.455. The minimum absolute atomic E-state index is 0.0560. The summed E-state index contributed by atoms with van der Waals surface area (Å²) in [6.45, 7) is 0.891. The fourth-order valence-corrected chi connectivity index (χ4v) is 2.78. The van der Waals surface area contributed by atoms with Gasteiger partial charge in [-0.3, -0.25) is 0 Å². The molecule has 0 aromatic heterocycles. The quantitative estimate of drug-likeness (QED) is 0.884. The summed E-state index contributed by atoms with van der Waals surface area (Å²) in [4.78, 5) is 0. The molecule has 0 radical (unpaired) electrons. The summed E-state index contributed by atoms with van der Waals surface area (Å²) in [5.74, 6) is 0.852. The van der Waals surface area contributed by atoms with Gasteiger partial charge in [0.05, 0.1) is 5.37 Å². The highest BCUT2D eigenvalue weighted by Gasteiger charge is 2.31. The molecule has 17 heavy (non-hydrogen) atoms. The first-order valence-corrected chi connectivity index (χ1v) is 6.30. The summed E-state index contributed by atoms with van der Waals surface area (Å²) in [5.41, 5.74) is 0.816. The first-order chi connectivity index (χ1) is 8.04. The Kier molecular flexibility index (Phi) is 3.83. The van der Waals surface area contributed by atoms with Crippen molar-refractivity contribution in [3.05, 3.63) is 29.8 Å². The predicted octanol–water partition coefficient (Wildman–Crippen LogP) is 3.31. The van der Waals surface area contributed by atoms with Gasteiger partial charge in [0.15, 0.2) is 0 Å². The van der Waals surface area contributed by atoms with Gasteiger partial charge in [-0.05, 0) is 36.4 Å². The molecular weight excluding hydrogens is 251 g/mol. The minimum Gasteiger partial charge on any atom is -0.406 e. The lowest BCUT2D eigenvalue weighted by Crippen LogP contribution is -2.25. The molecule has 2 rings (SSSR count). The molecule has 0 saturated carbocycles. The number of rotatable bonds is 2. The SMILES string of the molecule is FC(F)(F)Oc1cccc(C2NCCCS2)c1. The van der Waals surface area contributed by atoms with E-state index in [9.17, 15) is 13.2 Å². The first kappa shape index (κ1) is 12.6. The normalized spacial score (nSPS) is 21.2. The van der Waals surface area contributed by atoms with E-state index in [4.69, 9.17) is 0 Å². The van der Waals surface area contributed by atoms with Gasteiger partial charge in [0.1, 0.15) is 5.75 Å². The first-order valence-electron chi connectivity index (χ1n) is 5.25. The van der Waals surface area contributed by atoms with Crippen LogP contribution in [0.2, 0.25) is 0 Å². The van der Waals surface area contributed by atoms with Crippen molar-refractivity contribution in [2.24, 2.45) is 0 Å². The van der Waals surface area contributed by atoms with Gasteiger partial charge in [-0.15, -0.1) is 24.9 Å². The van der Waals surface area contributed by atoms with E-state index in [0.717, 1.165) is 24.3 Å². The van der Waals surface area contributed by atoms with Crippen LogP contribution >= 0.6 is 11.8 Å². The van der Waals surface area contributed by atoms with E-state index in [1.165, 1.54) is 12.1 Å². The van der Waals surface area contributed by atoms with E-state index in [-0.39, 0.29) is 11.1 Å². The third kappa shape index (κ3) is 3.81. The van der Waals surface area contributed by atoms with Crippen LogP contribution in [-0.2, 0) is 0 Å². The lowest BCUT2D eigenvalue weighted by molar-refractivity contribution is -0.274. The maximum absolute atomic E-state index is 12.1. The maximum atomic E-state index is 12.1. The lowest BCUT2D eigenvalue weighted by atomic mass is 10.2. The summed E-state index contributed by atoms with van der Waals surface area (Å²) in [6.07, 6.45) is -3.55. The average molecular weight is 263 g/mol. The second-order valence-electron chi connectivity index (χ2n) is 3.68. The molecule has 0 bridgehead atoms. The molecule has 2 nitrogen and oxygen atoms in total. The molecule has 0 spiro atoms. The van der Waals surface area contributed by atoms with Crippen molar-refractivity contribution in [1.29, 1.82) is 0 Å². The van der Waals surface area contributed by atoms with Gasteiger partial charge in [-0.2, -0.15) is 0 Å². The van der Waals surface area contributed by atoms with Gasteiger partial charge >= 0.3 is 6.36 Å². The maximum Gasteiger partial charge on any atom is 0.573 e. The van der Waals surface area contributed by atoms with Gasteiger partial charge in [-0.25, -0.2) is 0 Å². The molecule has 1 N–H and O–H groups in total. The van der Waals surface area contributed by atoms with Crippen molar-refractivity contribution in [3.8, 4) is 5.75 Å². The Morgan fingerprint density at radius 3 is 2.82 bits per heavy atom. The highest BCUT2D eigenvalue weighted by molar-refractivity contribution is 7.99. The smallest absolute Gasteiger partial charge is 0.406 e. The van der Waals surface area contributed by atoms with Crippen molar-refractivity contribution in [3.63, 3.8) is 0 Å². The molecule has 6 heteroatoms. The molecule has 1 fully saturated rings. The highest BCUT2D eigenvalue weighted by atomic mass is 32.2. The van der Waals surface area contributed by atoms with Crippen LogP contribution in [0.15, 0.2) is 24.3 Å². The zero-order valence-corrected chi connectivity index (χ0v) is 9.77. The van der Waals surface area contributed by atoms with E-state index in [2.05, 4.69) is 10.1 Å². The largest absolute Gasteiger partial charge is 0.573 e. The van der Waals surface area contributed by atoms with Crippen molar-refractivity contribution in [2.75, 3.05) is 12.3 Å². The summed E-state index contributed by atoms with van der Waals surface area (Å²) in [5, 5.41) is 3.31. The minimum atomic E-state index is -4.63. The van der Waals surface area contributed by atoms with E-state index in [1.54, 1.807) is 23.9 Å². The number of thioether (sulfide) groups is 1.